The first-order valence-corrected chi connectivity index (χ1v) is 11.7. The molecule has 0 bridgehead atoms. The van der Waals surface area contributed by atoms with E-state index in [0.717, 1.165) is 16.0 Å². The Bertz CT molecular complexity index is 1220. The zero-order chi connectivity index (χ0) is 24.4. The van der Waals surface area contributed by atoms with E-state index in [2.05, 4.69) is 16.0 Å². The Morgan fingerprint density at radius 3 is 2.56 bits per heavy atom. The maximum atomic E-state index is 12.9. The molecule has 2 aliphatic heterocycles. The number of hydrogen-bond acceptors (Lipinski definition) is 7. The standard InChI is InChI=1S/C23H22N4O6S/c1-12-10-34-11-16(12)25-21(31)20(30)24-8-2-3-13-4-5-14-15(9-13)23(33)27(22(14)32)17-6-7-18(28)26-19(17)29/h4-5,9-11,17H,2-3,6-8H2,1H3,(H,24,30)(H,25,31)(H,26,28,29). The van der Waals surface area contributed by atoms with Crippen molar-refractivity contribution in [2.75, 3.05) is 11.9 Å². The predicted molar refractivity (Wildman–Crippen MR) is 122 cm³/mol. The van der Waals surface area contributed by atoms with Crippen LogP contribution in [0.5, 0.6) is 0 Å². The number of rotatable bonds is 6. The van der Waals surface area contributed by atoms with Crippen molar-refractivity contribution in [3.8, 4) is 0 Å². The second-order valence-electron chi connectivity index (χ2n) is 8.11. The van der Waals surface area contributed by atoms with Crippen LogP contribution < -0.4 is 16.0 Å². The highest BCUT2D eigenvalue weighted by Gasteiger charge is 2.44. The molecule has 1 fully saturated rings. The Morgan fingerprint density at radius 2 is 1.85 bits per heavy atom. The van der Waals surface area contributed by atoms with E-state index in [4.69, 9.17) is 0 Å². The molecule has 34 heavy (non-hydrogen) atoms. The number of thiophene rings is 1. The van der Waals surface area contributed by atoms with Crippen molar-refractivity contribution >= 4 is 52.5 Å². The summed E-state index contributed by atoms with van der Waals surface area (Å²) in [6.07, 6.45) is 1.17. The molecule has 1 saturated heterocycles. The number of carbonyl (C=O) groups is 6. The number of imide groups is 2. The van der Waals surface area contributed by atoms with Gasteiger partial charge in [0, 0.05) is 18.3 Å². The normalized spacial score (nSPS) is 17.4. The van der Waals surface area contributed by atoms with Crippen molar-refractivity contribution in [3.05, 3.63) is 51.2 Å². The number of benzene rings is 1. The molecule has 11 heteroatoms. The third-order valence-corrected chi connectivity index (χ3v) is 6.60. The molecule has 3 heterocycles. The fourth-order valence-corrected chi connectivity index (χ4v) is 4.70. The number of piperidine rings is 1. The van der Waals surface area contributed by atoms with E-state index < -0.39 is 41.5 Å². The van der Waals surface area contributed by atoms with E-state index in [-0.39, 0.29) is 30.5 Å². The summed E-state index contributed by atoms with van der Waals surface area (Å²) < 4.78 is 0. The number of fused-ring (bicyclic) bond motifs is 1. The van der Waals surface area contributed by atoms with Crippen LogP contribution >= 0.6 is 11.3 Å². The Balaban J connectivity index is 1.31. The van der Waals surface area contributed by atoms with Crippen molar-refractivity contribution in [1.29, 1.82) is 0 Å². The van der Waals surface area contributed by atoms with Crippen LogP contribution in [0.25, 0.3) is 0 Å². The highest BCUT2D eigenvalue weighted by Crippen LogP contribution is 2.28. The molecule has 0 radical (unpaired) electrons. The summed E-state index contributed by atoms with van der Waals surface area (Å²) in [5, 5.41) is 10.9. The molecular weight excluding hydrogens is 460 g/mol. The van der Waals surface area contributed by atoms with Gasteiger partial charge in [0.15, 0.2) is 0 Å². The lowest BCUT2D eigenvalue weighted by atomic mass is 10.0. The fraction of sp³-hybridized carbons (Fsp3) is 0.304. The molecule has 1 aromatic heterocycles. The Morgan fingerprint density at radius 1 is 1.09 bits per heavy atom. The molecule has 1 unspecified atom stereocenters. The SMILES string of the molecule is Cc1cscc1NC(=O)C(=O)NCCCc1ccc2c(c1)C(=O)N(C1CCC(=O)NC1=O)C2=O. The summed E-state index contributed by atoms with van der Waals surface area (Å²) in [6.45, 7) is 2.09. The smallest absolute Gasteiger partial charge is 0.313 e. The van der Waals surface area contributed by atoms with E-state index in [9.17, 15) is 28.8 Å². The summed E-state index contributed by atoms with van der Waals surface area (Å²) >= 11 is 1.43. The second kappa shape index (κ2) is 9.56. The molecule has 6 amide bonds. The summed E-state index contributed by atoms with van der Waals surface area (Å²) in [7, 11) is 0. The summed E-state index contributed by atoms with van der Waals surface area (Å²) in [5.74, 6) is -3.67. The Kier molecular flexibility index (Phi) is 6.55. The zero-order valence-electron chi connectivity index (χ0n) is 18.3. The first-order chi connectivity index (χ1) is 16.3. The molecule has 2 aromatic rings. The van der Waals surface area contributed by atoms with Crippen LogP contribution in [-0.2, 0) is 25.6 Å². The van der Waals surface area contributed by atoms with Crippen LogP contribution in [0.2, 0.25) is 0 Å². The van der Waals surface area contributed by atoms with Gasteiger partial charge >= 0.3 is 11.8 Å². The minimum atomic E-state index is -1.01. The molecule has 3 N–H and O–H groups in total. The minimum Gasteiger partial charge on any atom is -0.348 e. The number of hydrogen-bond donors (Lipinski definition) is 3. The van der Waals surface area contributed by atoms with Gasteiger partial charge in [-0.2, -0.15) is 0 Å². The molecule has 10 nitrogen and oxygen atoms in total. The highest BCUT2D eigenvalue weighted by atomic mass is 32.1. The average molecular weight is 483 g/mol. The van der Waals surface area contributed by atoms with Gasteiger partial charge in [-0.15, -0.1) is 11.3 Å². The number of anilines is 1. The van der Waals surface area contributed by atoms with Gasteiger partial charge in [0.1, 0.15) is 6.04 Å². The molecule has 176 valence electrons. The number of nitrogens with zero attached hydrogens (tertiary/aromatic N) is 1. The summed E-state index contributed by atoms with van der Waals surface area (Å²) in [6, 6.07) is 3.86. The average Bonchev–Trinajstić information content (AvgIpc) is 3.31. The van der Waals surface area contributed by atoms with Crippen molar-refractivity contribution in [2.24, 2.45) is 0 Å². The topological polar surface area (TPSA) is 142 Å². The van der Waals surface area contributed by atoms with Gasteiger partial charge in [0.05, 0.1) is 16.8 Å². The number of amides is 6. The van der Waals surface area contributed by atoms with E-state index in [1.807, 2.05) is 12.3 Å². The van der Waals surface area contributed by atoms with Gasteiger partial charge in [-0.3, -0.25) is 39.0 Å². The lowest BCUT2D eigenvalue weighted by molar-refractivity contribution is -0.136. The monoisotopic (exact) mass is 482 g/mol. The van der Waals surface area contributed by atoms with Crippen LogP contribution in [0, 0.1) is 6.92 Å². The van der Waals surface area contributed by atoms with Gasteiger partial charge < -0.3 is 10.6 Å². The van der Waals surface area contributed by atoms with E-state index in [1.54, 1.807) is 23.6 Å². The van der Waals surface area contributed by atoms with Crippen molar-refractivity contribution in [3.63, 3.8) is 0 Å². The largest absolute Gasteiger partial charge is 0.348 e. The highest BCUT2D eigenvalue weighted by molar-refractivity contribution is 7.08. The zero-order valence-corrected chi connectivity index (χ0v) is 19.1. The molecule has 0 saturated carbocycles. The molecule has 1 aromatic carbocycles. The predicted octanol–water partition coefficient (Wildman–Crippen LogP) is 1.15. The van der Waals surface area contributed by atoms with Gasteiger partial charge in [0.25, 0.3) is 11.8 Å². The molecule has 0 spiro atoms. The Labute approximate surface area is 198 Å². The number of aryl methyl sites for hydroxylation is 2. The lowest BCUT2D eigenvalue weighted by Gasteiger charge is -2.27. The molecule has 2 aliphatic rings. The van der Waals surface area contributed by atoms with Crippen molar-refractivity contribution < 1.29 is 28.8 Å². The fourth-order valence-electron chi connectivity index (χ4n) is 3.92. The Hall–Kier alpha value is -3.86. The van der Waals surface area contributed by atoms with Gasteiger partial charge in [-0.25, -0.2) is 0 Å². The van der Waals surface area contributed by atoms with E-state index >= 15 is 0 Å². The maximum Gasteiger partial charge on any atom is 0.313 e. The van der Waals surface area contributed by atoms with Crippen LogP contribution in [-0.4, -0.2) is 52.9 Å². The quantitative estimate of drug-likeness (QED) is 0.320. The van der Waals surface area contributed by atoms with Crippen molar-refractivity contribution in [2.45, 2.75) is 38.6 Å². The van der Waals surface area contributed by atoms with Gasteiger partial charge in [-0.05, 0) is 54.8 Å². The van der Waals surface area contributed by atoms with Crippen LogP contribution in [0.3, 0.4) is 0 Å². The molecule has 0 aliphatic carbocycles. The third-order valence-electron chi connectivity index (χ3n) is 5.74. The molecular formula is C23H22N4O6S. The first-order valence-electron chi connectivity index (χ1n) is 10.7. The lowest BCUT2D eigenvalue weighted by Crippen LogP contribution is -2.54. The summed E-state index contributed by atoms with van der Waals surface area (Å²) in [4.78, 5) is 74.0. The first kappa shape index (κ1) is 23.3. The van der Waals surface area contributed by atoms with Crippen LogP contribution in [0.15, 0.2) is 29.0 Å². The second-order valence-corrected chi connectivity index (χ2v) is 8.85. The third kappa shape index (κ3) is 4.60. The van der Waals surface area contributed by atoms with E-state index in [1.165, 1.54) is 11.3 Å². The summed E-state index contributed by atoms with van der Waals surface area (Å²) in [5.41, 5.74) is 2.69. The molecule has 4 rings (SSSR count). The van der Waals surface area contributed by atoms with Crippen molar-refractivity contribution in [1.82, 2.24) is 15.5 Å². The minimum absolute atomic E-state index is 0.0612. The number of carbonyl (C=O) groups excluding carboxylic acids is 6. The number of nitrogens with one attached hydrogen (secondary N) is 3. The van der Waals surface area contributed by atoms with Gasteiger partial charge in [-0.1, -0.05) is 6.07 Å². The maximum absolute atomic E-state index is 12.9. The van der Waals surface area contributed by atoms with Crippen LogP contribution in [0.1, 0.15) is 51.1 Å². The van der Waals surface area contributed by atoms with E-state index in [0.29, 0.717) is 18.5 Å². The van der Waals surface area contributed by atoms with Gasteiger partial charge in [0.2, 0.25) is 11.8 Å². The molecule has 1 atom stereocenters. The van der Waals surface area contributed by atoms with Crippen LogP contribution in [0.4, 0.5) is 5.69 Å².